The quantitative estimate of drug-likeness (QED) is 0.255. The molecule has 0 bridgehead atoms. The molecule has 0 saturated heterocycles. The van der Waals surface area contributed by atoms with Crippen LogP contribution in [0.2, 0.25) is 0 Å². The fourth-order valence-electron chi connectivity index (χ4n) is 0.406. The van der Waals surface area contributed by atoms with Crippen LogP contribution in [-0.2, 0) is 47.1 Å². The van der Waals surface area contributed by atoms with Gasteiger partial charge in [-0.1, -0.05) is 0 Å². The molecule has 7 nitrogen and oxygen atoms in total. The molecule has 0 aliphatic carbocycles. The molecule has 0 aromatic carbocycles. The topological polar surface area (TPSA) is 118 Å². The van der Waals surface area contributed by atoms with Gasteiger partial charge in [0, 0.05) is 22.4 Å². The molecule has 0 aromatic rings. The Morgan fingerprint density at radius 1 is 1.14 bits per heavy atom. The van der Waals surface area contributed by atoms with Crippen LogP contribution >= 0.6 is 0 Å². The fourth-order valence-corrected chi connectivity index (χ4v) is 1.22. The molecule has 0 aliphatic rings. The monoisotopic (exact) mass is 441 g/mol. The van der Waals surface area contributed by atoms with Crippen molar-refractivity contribution in [2.75, 3.05) is 12.4 Å². The zero-order valence-electron chi connectivity index (χ0n) is 8.17. The van der Waals surface area contributed by atoms with Crippen LogP contribution in [0.4, 0.5) is 0 Å². The van der Waals surface area contributed by atoms with Gasteiger partial charge in [0.1, 0.15) is 0 Å². The Kier molecular flexibility index (Phi) is 12.9. The number of hydrogen-bond donors (Lipinski definition) is 2. The Morgan fingerprint density at radius 3 is 1.86 bits per heavy atom. The van der Waals surface area contributed by atoms with Crippen molar-refractivity contribution < 1.29 is 83.5 Å². The van der Waals surface area contributed by atoms with Crippen molar-refractivity contribution in [3.05, 3.63) is 0 Å². The molecule has 87 valence electrons. The van der Waals surface area contributed by atoms with Crippen LogP contribution in [-0.4, -0.2) is 38.3 Å². The maximum absolute atomic E-state index is 10.0. The molecule has 0 aliphatic heterocycles. The average Bonchev–Trinajstić information content (AvgIpc) is 1.76. The van der Waals surface area contributed by atoms with Gasteiger partial charge in [-0.05, 0) is 6.42 Å². The first-order valence-electron chi connectivity index (χ1n) is 2.78. The zero-order valence-corrected chi connectivity index (χ0v) is 13.0. The van der Waals surface area contributed by atoms with E-state index in [0.29, 0.717) is 0 Å². The Hall–Kier alpha value is 1.52. The van der Waals surface area contributed by atoms with E-state index < -0.39 is 32.9 Å². The van der Waals surface area contributed by atoms with Gasteiger partial charge in [-0.15, -0.1) is 0 Å². The van der Waals surface area contributed by atoms with E-state index in [4.69, 9.17) is 9.11 Å². The fraction of sp³-hybridized carbons (Fsp3) is 1.00. The van der Waals surface area contributed by atoms with Crippen molar-refractivity contribution in [3.8, 4) is 0 Å². The molecule has 0 unspecified atom stereocenters. The van der Waals surface area contributed by atoms with Crippen LogP contribution in [0.1, 0.15) is 7.85 Å². The number of rotatable bonds is 5. The van der Waals surface area contributed by atoms with Crippen LogP contribution in [0.5, 0.6) is 0 Å². The van der Waals surface area contributed by atoms with Gasteiger partial charge < -0.3 is 1.43 Å². The minimum absolute atomic E-state index is 0. The summed E-state index contributed by atoms with van der Waals surface area (Å²) in [6.45, 7) is -0.487. The van der Waals surface area contributed by atoms with Gasteiger partial charge in [0.25, 0.3) is 10.1 Å². The predicted octanol–water partition coefficient (Wildman–Crippen LogP) is -3.80. The number of hydrogen-bond acceptors (Lipinski definition) is 5. The normalized spacial score (nSPS) is 11.3. The van der Waals surface area contributed by atoms with Gasteiger partial charge in [0.15, 0.2) is 0 Å². The van der Waals surface area contributed by atoms with Crippen molar-refractivity contribution in [1.82, 2.24) is 0 Å². The molecule has 0 rings (SSSR count). The van der Waals surface area contributed by atoms with Crippen molar-refractivity contribution >= 4 is 20.5 Å². The molecule has 0 heterocycles. The minimum atomic E-state index is -4.52. The Morgan fingerprint density at radius 2 is 1.57 bits per heavy atom. The second-order valence-corrected chi connectivity index (χ2v) is 4.55. The van der Waals surface area contributed by atoms with E-state index in [9.17, 15) is 16.8 Å². The van der Waals surface area contributed by atoms with E-state index in [1.807, 2.05) is 0 Å². The van der Waals surface area contributed by atoms with Crippen molar-refractivity contribution in [1.29, 1.82) is 0 Å². The first-order valence-corrected chi connectivity index (χ1v) is 5.75. The van der Waals surface area contributed by atoms with Gasteiger partial charge in [0.05, 0.1) is 12.4 Å². The Labute approximate surface area is 122 Å². The molecule has 0 aromatic heterocycles. The van der Waals surface area contributed by atoms with Crippen LogP contribution in [0.3, 0.4) is 0 Å². The van der Waals surface area contributed by atoms with E-state index in [1.54, 1.807) is 0 Å². The maximum atomic E-state index is 10.0. The predicted molar refractivity (Wildman–Crippen MR) is 39.6 cm³/mol. The summed E-state index contributed by atoms with van der Waals surface area (Å²) in [5.41, 5.74) is 0. The van der Waals surface area contributed by atoms with Crippen molar-refractivity contribution in [3.63, 3.8) is 0 Å². The van der Waals surface area contributed by atoms with Gasteiger partial charge >= 0.3 is 40.0 Å². The second-order valence-electron chi connectivity index (χ2n) is 1.89. The third-order valence-corrected chi connectivity index (χ3v) is 2.05. The molecule has 0 saturated carbocycles. The molecular formula is C3H9AuNaO7S2. The molecule has 0 spiro atoms. The Bertz CT molecular complexity index is 292. The van der Waals surface area contributed by atoms with Crippen LogP contribution in [0, 0.1) is 0 Å². The molecule has 1 radical (unpaired) electrons. The molecule has 0 atom stereocenters. The summed E-state index contributed by atoms with van der Waals surface area (Å²) >= 11 is 0. The molecule has 11 heteroatoms. The summed E-state index contributed by atoms with van der Waals surface area (Å²) in [6, 6.07) is 0. The smallest absolute Gasteiger partial charge is 1.00 e. The summed E-state index contributed by atoms with van der Waals surface area (Å²) in [4.78, 5) is 0. The third kappa shape index (κ3) is 19.1. The largest absolute Gasteiger partial charge is 1.00 e. The third-order valence-electron chi connectivity index (χ3n) is 0.779. The Balaban J connectivity index is -0.000000202. The average molecular weight is 441 g/mol. The van der Waals surface area contributed by atoms with Gasteiger partial charge in [-0.3, -0.25) is 9.11 Å². The summed E-state index contributed by atoms with van der Waals surface area (Å²) in [7, 11) is -8.62. The summed E-state index contributed by atoms with van der Waals surface area (Å²) in [6.07, 6.45) is -0.210. The molecule has 0 amide bonds. The zero-order chi connectivity index (χ0) is 9.83. The van der Waals surface area contributed by atoms with Crippen LogP contribution in [0.25, 0.3) is 0 Å². The standard InChI is InChI=1S/C3H8O7S2.Au.Na.H/c4-11(5,6)3-1-2-10-12(7,8)9;;;/h1-3H2,(H,4,5,6)(H,7,8,9);;;/q;;+1;-1. The van der Waals surface area contributed by atoms with Crippen LogP contribution < -0.4 is 29.6 Å². The second kappa shape index (κ2) is 8.65. The first kappa shape index (κ1) is 20.9. The van der Waals surface area contributed by atoms with Crippen molar-refractivity contribution in [2.24, 2.45) is 0 Å². The minimum Gasteiger partial charge on any atom is -1.00 e. The van der Waals surface area contributed by atoms with Crippen LogP contribution in [0.15, 0.2) is 0 Å². The van der Waals surface area contributed by atoms with Crippen molar-refractivity contribution in [2.45, 2.75) is 6.42 Å². The van der Waals surface area contributed by atoms with Gasteiger partial charge in [-0.25, -0.2) is 4.18 Å². The molecule has 0 fully saturated rings. The maximum Gasteiger partial charge on any atom is 1.00 e. The SMILES string of the molecule is O=S(=O)(O)CCCOS(=O)(=O)O.[Au].[H-].[Na+]. The van der Waals surface area contributed by atoms with Gasteiger partial charge in [-0.2, -0.15) is 16.8 Å². The molecule has 14 heavy (non-hydrogen) atoms. The van der Waals surface area contributed by atoms with E-state index in [-0.39, 0.29) is 59.8 Å². The van der Waals surface area contributed by atoms with E-state index in [1.165, 1.54) is 0 Å². The summed E-state index contributed by atoms with van der Waals surface area (Å²) in [5, 5.41) is 0. The molecule has 2 N–H and O–H groups in total. The van der Waals surface area contributed by atoms with E-state index in [0.717, 1.165) is 0 Å². The van der Waals surface area contributed by atoms with E-state index in [2.05, 4.69) is 4.18 Å². The molecular weight excluding hydrogens is 432 g/mol. The summed E-state index contributed by atoms with van der Waals surface area (Å²) < 4.78 is 59.8. The summed E-state index contributed by atoms with van der Waals surface area (Å²) in [5.74, 6) is -0.609. The van der Waals surface area contributed by atoms with E-state index >= 15 is 0 Å². The van der Waals surface area contributed by atoms with Gasteiger partial charge in [0.2, 0.25) is 0 Å². The first-order chi connectivity index (χ1) is 5.21.